The second-order valence-electron chi connectivity index (χ2n) is 4.59. The van der Waals surface area contributed by atoms with Crippen molar-refractivity contribution in [2.45, 2.75) is 38.1 Å². The number of carbonyl (C=O) groups is 1. The molecule has 1 aliphatic rings. The van der Waals surface area contributed by atoms with Crippen LogP contribution in [0.5, 0.6) is 5.75 Å². The topological polar surface area (TPSA) is 38.3 Å². The normalized spacial score (nSPS) is 16.3. The van der Waals surface area contributed by atoms with E-state index in [2.05, 4.69) is 21.2 Å². The Labute approximate surface area is 116 Å². The highest BCUT2D eigenvalue weighted by Crippen LogP contribution is 2.18. The molecular weight excluding hydrogens is 294 g/mol. The summed E-state index contributed by atoms with van der Waals surface area (Å²) in [6.07, 6.45) is 5.96. The summed E-state index contributed by atoms with van der Waals surface area (Å²) in [5.74, 6) is 0.786. The number of hydrogen-bond donors (Lipinski definition) is 1. The second-order valence-corrected chi connectivity index (χ2v) is 5.04. The molecule has 2 rings (SSSR count). The number of nitrogens with one attached hydrogen (secondary N) is 1. The zero-order valence-electron chi connectivity index (χ0n) is 10.3. The van der Waals surface area contributed by atoms with Crippen LogP contribution in [0.3, 0.4) is 0 Å². The Kier molecular flexibility index (Phi) is 5.05. The Morgan fingerprint density at radius 1 is 1.22 bits per heavy atom. The summed E-state index contributed by atoms with van der Waals surface area (Å²) in [5.41, 5.74) is 1.16. The van der Waals surface area contributed by atoms with Crippen LogP contribution in [0.4, 0.5) is 0 Å². The zero-order valence-corrected chi connectivity index (χ0v) is 11.9. The van der Waals surface area contributed by atoms with Gasteiger partial charge in [0.25, 0.3) is 5.91 Å². The van der Waals surface area contributed by atoms with Crippen LogP contribution >= 0.6 is 15.9 Å². The fourth-order valence-corrected chi connectivity index (χ4v) is 2.55. The average molecular weight is 312 g/mol. The summed E-state index contributed by atoms with van der Waals surface area (Å²) < 4.78 is 5.28. The second kappa shape index (κ2) is 6.78. The van der Waals surface area contributed by atoms with Gasteiger partial charge in [0.15, 0.2) is 0 Å². The van der Waals surface area contributed by atoms with Gasteiger partial charge in [-0.25, -0.2) is 0 Å². The molecule has 98 valence electrons. The third kappa shape index (κ3) is 3.73. The fourth-order valence-electron chi connectivity index (χ4n) is 2.28. The van der Waals surface area contributed by atoms with E-state index >= 15 is 0 Å². The molecule has 0 unspecified atom stereocenters. The van der Waals surface area contributed by atoms with Crippen LogP contribution in [0.2, 0.25) is 0 Å². The lowest BCUT2D eigenvalue weighted by Crippen LogP contribution is -2.36. The first kappa shape index (κ1) is 13.4. The molecule has 0 aromatic heterocycles. The largest absolute Gasteiger partial charge is 0.482 e. The maximum atomic E-state index is 12.0. The fraction of sp³-hybridized carbons (Fsp3) is 0.500. The molecule has 0 atom stereocenters. The molecule has 0 heterocycles. The SMILES string of the molecule is O=C(NC1CCCCC1)c1ccc(OCBr)cc1. The van der Waals surface area contributed by atoms with Crippen molar-refractivity contribution < 1.29 is 9.53 Å². The summed E-state index contributed by atoms with van der Waals surface area (Å²) in [5, 5.41) is 3.10. The van der Waals surface area contributed by atoms with Crippen LogP contribution in [-0.2, 0) is 0 Å². The minimum atomic E-state index is 0.0206. The average Bonchev–Trinajstić information content (AvgIpc) is 2.41. The molecular formula is C14H18BrNO2. The van der Waals surface area contributed by atoms with Crippen molar-refractivity contribution >= 4 is 21.8 Å². The van der Waals surface area contributed by atoms with Crippen molar-refractivity contribution in [2.75, 3.05) is 5.52 Å². The number of ether oxygens (including phenoxy) is 1. The Hall–Kier alpha value is -1.03. The van der Waals surface area contributed by atoms with Crippen LogP contribution in [-0.4, -0.2) is 17.5 Å². The van der Waals surface area contributed by atoms with E-state index in [0.717, 1.165) is 18.6 Å². The van der Waals surface area contributed by atoms with Gasteiger partial charge in [-0.3, -0.25) is 4.79 Å². The highest BCUT2D eigenvalue weighted by Gasteiger charge is 2.16. The van der Waals surface area contributed by atoms with Gasteiger partial charge in [0.1, 0.15) is 11.3 Å². The van der Waals surface area contributed by atoms with Crippen LogP contribution in [0, 0.1) is 0 Å². The van der Waals surface area contributed by atoms with Crippen molar-refractivity contribution in [3.8, 4) is 5.75 Å². The molecule has 1 aromatic carbocycles. The smallest absolute Gasteiger partial charge is 0.251 e. The Bertz CT molecular complexity index is 385. The predicted molar refractivity (Wildman–Crippen MR) is 75.2 cm³/mol. The monoisotopic (exact) mass is 311 g/mol. The van der Waals surface area contributed by atoms with Gasteiger partial charge >= 0.3 is 0 Å². The summed E-state index contributed by atoms with van der Waals surface area (Å²) in [6, 6.07) is 7.59. The number of amides is 1. The maximum Gasteiger partial charge on any atom is 0.251 e. The third-order valence-corrected chi connectivity index (χ3v) is 3.51. The number of alkyl halides is 1. The van der Waals surface area contributed by atoms with E-state index < -0.39 is 0 Å². The van der Waals surface area contributed by atoms with E-state index in [1.54, 1.807) is 12.1 Å². The Balaban J connectivity index is 1.91. The molecule has 1 amide bonds. The van der Waals surface area contributed by atoms with Crippen LogP contribution in [0.15, 0.2) is 24.3 Å². The van der Waals surface area contributed by atoms with Crippen LogP contribution < -0.4 is 10.1 Å². The summed E-state index contributed by atoms with van der Waals surface area (Å²) in [7, 11) is 0. The van der Waals surface area contributed by atoms with Gasteiger partial charge in [0, 0.05) is 11.6 Å². The minimum Gasteiger partial charge on any atom is -0.482 e. The quantitative estimate of drug-likeness (QED) is 0.865. The van der Waals surface area contributed by atoms with Gasteiger partial charge < -0.3 is 10.1 Å². The third-order valence-electron chi connectivity index (χ3n) is 3.28. The molecule has 3 nitrogen and oxygen atoms in total. The summed E-state index contributed by atoms with van der Waals surface area (Å²) >= 11 is 3.20. The lowest BCUT2D eigenvalue weighted by atomic mass is 9.95. The molecule has 1 saturated carbocycles. The number of halogens is 1. The summed E-state index contributed by atoms with van der Waals surface area (Å²) in [6.45, 7) is 0. The van der Waals surface area contributed by atoms with E-state index in [0.29, 0.717) is 17.1 Å². The molecule has 1 N–H and O–H groups in total. The highest BCUT2D eigenvalue weighted by atomic mass is 79.9. The number of rotatable bonds is 4. The van der Waals surface area contributed by atoms with Gasteiger partial charge in [-0.15, -0.1) is 0 Å². The zero-order chi connectivity index (χ0) is 12.8. The molecule has 0 spiro atoms. The van der Waals surface area contributed by atoms with Gasteiger partial charge in [-0.05, 0) is 53.0 Å². The molecule has 18 heavy (non-hydrogen) atoms. The van der Waals surface area contributed by atoms with Gasteiger partial charge in [-0.1, -0.05) is 19.3 Å². The maximum absolute atomic E-state index is 12.0. The van der Waals surface area contributed by atoms with E-state index in [-0.39, 0.29) is 5.91 Å². The summed E-state index contributed by atoms with van der Waals surface area (Å²) in [4.78, 5) is 12.0. The Morgan fingerprint density at radius 2 is 1.89 bits per heavy atom. The van der Waals surface area contributed by atoms with E-state index in [9.17, 15) is 4.79 Å². The standard InChI is InChI=1S/C14H18BrNO2/c15-10-18-13-8-6-11(7-9-13)14(17)16-12-4-2-1-3-5-12/h6-9,12H,1-5,10H2,(H,16,17). The first-order valence-corrected chi connectivity index (χ1v) is 7.51. The van der Waals surface area contributed by atoms with Crippen LogP contribution in [0.1, 0.15) is 42.5 Å². The number of hydrogen-bond acceptors (Lipinski definition) is 2. The predicted octanol–water partition coefficient (Wildman–Crippen LogP) is 3.48. The van der Waals surface area contributed by atoms with E-state index in [1.165, 1.54) is 19.3 Å². The molecule has 1 aliphatic carbocycles. The molecule has 1 aromatic rings. The Morgan fingerprint density at radius 3 is 2.50 bits per heavy atom. The van der Waals surface area contributed by atoms with Gasteiger partial charge in [0.05, 0.1) is 0 Å². The molecule has 0 aliphatic heterocycles. The van der Waals surface area contributed by atoms with Gasteiger partial charge in [0.2, 0.25) is 0 Å². The molecule has 0 radical (unpaired) electrons. The van der Waals surface area contributed by atoms with Crippen molar-refractivity contribution in [1.29, 1.82) is 0 Å². The molecule has 1 fully saturated rings. The molecule has 0 saturated heterocycles. The first-order chi connectivity index (χ1) is 8.79. The van der Waals surface area contributed by atoms with Crippen molar-refractivity contribution in [1.82, 2.24) is 5.32 Å². The highest BCUT2D eigenvalue weighted by molar-refractivity contribution is 9.09. The first-order valence-electron chi connectivity index (χ1n) is 6.39. The van der Waals surface area contributed by atoms with E-state index in [1.807, 2.05) is 12.1 Å². The number of benzene rings is 1. The van der Waals surface area contributed by atoms with Crippen molar-refractivity contribution in [2.24, 2.45) is 0 Å². The number of carbonyl (C=O) groups excluding carboxylic acids is 1. The van der Waals surface area contributed by atoms with E-state index in [4.69, 9.17) is 4.74 Å². The lowest BCUT2D eigenvalue weighted by Gasteiger charge is -2.22. The molecule has 4 heteroatoms. The van der Waals surface area contributed by atoms with Crippen molar-refractivity contribution in [3.63, 3.8) is 0 Å². The molecule has 0 bridgehead atoms. The minimum absolute atomic E-state index is 0.0206. The van der Waals surface area contributed by atoms with Crippen molar-refractivity contribution in [3.05, 3.63) is 29.8 Å². The van der Waals surface area contributed by atoms with Gasteiger partial charge in [-0.2, -0.15) is 0 Å². The lowest BCUT2D eigenvalue weighted by molar-refractivity contribution is 0.0927. The van der Waals surface area contributed by atoms with Crippen LogP contribution in [0.25, 0.3) is 0 Å².